The fraction of sp³-hybridized carbons (Fsp3) is 0.0870. The molecule has 3 N–H and O–H groups in total. The maximum Gasteiger partial charge on any atom is 0.255 e. The number of carbonyl (C=O) groups excluding carboxylic acids is 1. The lowest BCUT2D eigenvalue weighted by Gasteiger charge is -2.11. The van der Waals surface area contributed by atoms with Crippen LogP contribution in [0.3, 0.4) is 0 Å². The first-order valence-corrected chi connectivity index (χ1v) is 12.8. The zero-order chi connectivity index (χ0) is 24.1. The smallest absolute Gasteiger partial charge is 0.255 e. The number of sulfonamides is 2. The molecule has 0 aliphatic rings. The Hall–Kier alpha value is -3.47. The first-order valence-electron chi connectivity index (χ1n) is 9.81. The van der Waals surface area contributed by atoms with Crippen molar-refractivity contribution >= 4 is 43.4 Å². The molecule has 3 aromatic carbocycles. The second kappa shape index (κ2) is 9.99. The Balaban J connectivity index is 1.69. The predicted octanol–water partition coefficient (Wildman–Crippen LogP) is 3.57. The molecule has 0 saturated carbocycles. The average molecular weight is 486 g/mol. The summed E-state index contributed by atoms with van der Waals surface area (Å²) in [7, 11) is -6.09. The monoisotopic (exact) mass is 485 g/mol. The van der Waals surface area contributed by atoms with Crippen LogP contribution in [0.1, 0.15) is 21.5 Å². The van der Waals surface area contributed by atoms with Gasteiger partial charge in [0.1, 0.15) is 0 Å². The predicted molar refractivity (Wildman–Crippen MR) is 130 cm³/mol. The van der Waals surface area contributed by atoms with Gasteiger partial charge in [0, 0.05) is 16.9 Å². The molecule has 0 radical (unpaired) electrons. The highest BCUT2D eigenvalue weighted by atomic mass is 32.2. The molecule has 0 saturated heterocycles. The number of carbonyl (C=O) groups is 1. The minimum atomic E-state index is -3.73. The van der Waals surface area contributed by atoms with Crippen molar-refractivity contribution in [1.29, 1.82) is 0 Å². The zero-order valence-electron chi connectivity index (χ0n) is 17.9. The molecule has 0 heterocycles. The first-order chi connectivity index (χ1) is 15.6. The number of hydrogen-bond donors (Lipinski definition) is 3. The third-order valence-corrected chi connectivity index (χ3v) is 7.22. The highest BCUT2D eigenvalue weighted by molar-refractivity contribution is 7.95. The lowest BCUT2D eigenvalue weighted by molar-refractivity contribution is 0.102. The zero-order valence-corrected chi connectivity index (χ0v) is 19.6. The van der Waals surface area contributed by atoms with Crippen LogP contribution in [-0.2, 0) is 20.0 Å². The molecule has 0 unspecified atom stereocenters. The summed E-state index contributed by atoms with van der Waals surface area (Å²) >= 11 is 0. The van der Waals surface area contributed by atoms with Gasteiger partial charge >= 0.3 is 0 Å². The van der Waals surface area contributed by atoms with E-state index in [-0.39, 0.29) is 10.5 Å². The SMILES string of the molecule is CNS(=O)(=O)c1cc(NC(=O)c2ccc(NS(=O)(=O)/C=C/c3ccccc3)cc2)ccc1C. The van der Waals surface area contributed by atoms with E-state index < -0.39 is 26.0 Å². The van der Waals surface area contributed by atoms with Crippen molar-refractivity contribution in [1.82, 2.24) is 4.72 Å². The molecular formula is C23H23N3O5S2. The summed E-state index contributed by atoms with van der Waals surface area (Å²) in [5.74, 6) is -0.468. The molecule has 3 rings (SSSR count). The van der Waals surface area contributed by atoms with Crippen LogP contribution >= 0.6 is 0 Å². The van der Waals surface area contributed by atoms with Gasteiger partial charge in [0.2, 0.25) is 10.0 Å². The van der Waals surface area contributed by atoms with E-state index in [0.29, 0.717) is 16.9 Å². The molecule has 1 amide bonds. The molecular weight excluding hydrogens is 462 g/mol. The van der Waals surface area contributed by atoms with Crippen LogP contribution in [0.15, 0.2) is 83.1 Å². The molecule has 8 nitrogen and oxygen atoms in total. The van der Waals surface area contributed by atoms with Crippen LogP contribution in [0.2, 0.25) is 0 Å². The molecule has 0 aliphatic carbocycles. The Morgan fingerprint density at radius 2 is 1.48 bits per heavy atom. The van der Waals surface area contributed by atoms with Crippen molar-refractivity contribution < 1.29 is 21.6 Å². The van der Waals surface area contributed by atoms with Gasteiger partial charge < -0.3 is 5.32 Å². The van der Waals surface area contributed by atoms with Gasteiger partial charge in [0.25, 0.3) is 15.9 Å². The molecule has 0 atom stereocenters. The average Bonchev–Trinajstić information content (AvgIpc) is 2.80. The van der Waals surface area contributed by atoms with Crippen LogP contribution in [0, 0.1) is 6.92 Å². The summed E-state index contributed by atoms with van der Waals surface area (Å²) in [4.78, 5) is 12.6. The molecule has 0 bridgehead atoms. The van der Waals surface area contributed by atoms with Crippen LogP contribution in [0.4, 0.5) is 11.4 Å². The number of benzene rings is 3. The first kappa shape index (κ1) is 24.2. The Morgan fingerprint density at radius 1 is 0.848 bits per heavy atom. The molecule has 3 aromatic rings. The summed E-state index contributed by atoms with van der Waals surface area (Å²) < 4.78 is 53.5. The lowest BCUT2D eigenvalue weighted by Crippen LogP contribution is -2.20. The van der Waals surface area contributed by atoms with E-state index in [4.69, 9.17) is 0 Å². The van der Waals surface area contributed by atoms with Gasteiger partial charge in [-0.15, -0.1) is 0 Å². The second-order valence-corrected chi connectivity index (χ2v) is 10.5. The van der Waals surface area contributed by atoms with E-state index in [0.717, 1.165) is 11.0 Å². The summed E-state index contributed by atoms with van der Waals surface area (Å²) in [6.45, 7) is 1.66. The minimum Gasteiger partial charge on any atom is -0.322 e. The highest BCUT2D eigenvalue weighted by Crippen LogP contribution is 2.21. The lowest BCUT2D eigenvalue weighted by atomic mass is 10.2. The van der Waals surface area contributed by atoms with Crippen LogP contribution in [-0.4, -0.2) is 29.8 Å². The number of nitrogens with one attached hydrogen (secondary N) is 3. The number of aryl methyl sites for hydroxylation is 1. The Morgan fingerprint density at radius 3 is 2.12 bits per heavy atom. The summed E-state index contributed by atoms with van der Waals surface area (Å²) in [5.41, 5.74) is 2.17. The normalized spacial score (nSPS) is 11.9. The van der Waals surface area contributed by atoms with E-state index in [1.165, 1.54) is 43.5 Å². The number of amides is 1. The molecule has 0 aromatic heterocycles. The maximum absolute atomic E-state index is 12.6. The van der Waals surface area contributed by atoms with Crippen molar-refractivity contribution in [2.45, 2.75) is 11.8 Å². The number of rotatable bonds is 8. The van der Waals surface area contributed by atoms with E-state index in [2.05, 4.69) is 14.8 Å². The van der Waals surface area contributed by atoms with Crippen LogP contribution in [0.25, 0.3) is 6.08 Å². The summed E-state index contributed by atoms with van der Waals surface area (Å²) in [6.07, 6.45) is 1.48. The fourth-order valence-corrected chi connectivity index (χ4v) is 4.76. The molecule has 0 fully saturated rings. The van der Waals surface area contributed by atoms with Crippen molar-refractivity contribution in [2.75, 3.05) is 17.1 Å². The van der Waals surface area contributed by atoms with Gasteiger partial charge in [-0.1, -0.05) is 36.4 Å². The summed E-state index contributed by atoms with van der Waals surface area (Å²) in [6, 6.07) is 19.5. The highest BCUT2D eigenvalue weighted by Gasteiger charge is 2.16. The van der Waals surface area contributed by atoms with Gasteiger partial charge in [0.05, 0.1) is 10.3 Å². The minimum absolute atomic E-state index is 0.0658. The molecule has 10 heteroatoms. The van der Waals surface area contributed by atoms with Gasteiger partial charge in [-0.3, -0.25) is 9.52 Å². The number of hydrogen-bond acceptors (Lipinski definition) is 5. The maximum atomic E-state index is 12.6. The molecule has 0 aliphatic heterocycles. The Kier molecular flexibility index (Phi) is 7.32. The van der Waals surface area contributed by atoms with E-state index >= 15 is 0 Å². The van der Waals surface area contributed by atoms with E-state index in [1.54, 1.807) is 43.3 Å². The standard InChI is InChI=1S/C23H23N3O5S2/c1-17-8-11-21(16-22(17)33(30,31)24-2)25-23(27)19-9-12-20(13-10-19)26-32(28,29)15-14-18-6-4-3-5-7-18/h3-16,24,26H,1-2H3,(H,25,27)/b15-14+. The van der Waals surface area contributed by atoms with Crippen LogP contribution in [0.5, 0.6) is 0 Å². The molecule has 33 heavy (non-hydrogen) atoms. The van der Waals surface area contributed by atoms with Crippen LogP contribution < -0.4 is 14.8 Å². The second-order valence-electron chi connectivity index (χ2n) is 7.08. The molecule has 0 spiro atoms. The Labute approximate surface area is 193 Å². The van der Waals surface area contributed by atoms with E-state index in [9.17, 15) is 21.6 Å². The van der Waals surface area contributed by atoms with Crippen molar-refractivity contribution in [3.8, 4) is 0 Å². The molecule has 172 valence electrons. The van der Waals surface area contributed by atoms with Gasteiger partial charge in [-0.25, -0.2) is 21.6 Å². The quantitative estimate of drug-likeness (QED) is 0.450. The fourth-order valence-electron chi connectivity index (χ4n) is 2.90. The van der Waals surface area contributed by atoms with Gasteiger partial charge in [0.15, 0.2) is 0 Å². The van der Waals surface area contributed by atoms with Crippen molar-refractivity contribution in [3.63, 3.8) is 0 Å². The van der Waals surface area contributed by atoms with Crippen molar-refractivity contribution in [2.24, 2.45) is 0 Å². The third kappa shape index (κ3) is 6.51. The topological polar surface area (TPSA) is 121 Å². The van der Waals surface area contributed by atoms with Gasteiger partial charge in [-0.2, -0.15) is 0 Å². The van der Waals surface area contributed by atoms with E-state index in [1.807, 2.05) is 6.07 Å². The van der Waals surface area contributed by atoms with Crippen molar-refractivity contribution in [3.05, 3.63) is 94.9 Å². The summed E-state index contributed by atoms with van der Waals surface area (Å²) in [5, 5.41) is 3.71. The largest absolute Gasteiger partial charge is 0.322 e. The number of anilines is 2. The Bertz CT molecular complexity index is 1380. The van der Waals surface area contributed by atoms with Gasteiger partial charge in [-0.05, 0) is 67.6 Å². The third-order valence-electron chi connectivity index (χ3n) is 4.65.